The Morgan fingerprint density at radius 1 is 1.09 bits per heavy atom. The Kier molecular flexibility index (Phi) is 5.54. The van der Waals surface area contributed by atoms with Gasteiger partial charge in [-0.25, -0.2) is 13.1 Å². The van der Waals surface area contributed by atoms with Gasteiger partial charge in [-0.05, 0) is 62.1 Å². The predicted molar refractivity (Wildman–Crippen MR) is 90.6 cm³/mol. The highest BCUT2D eigenvalue weighted by atomic mass is 32.2. The third-order valence-electron chi connectivity index (χ3n) is 3.71. The molecule has 4 nitrogen and oxygen atoms in total. The van der Waals surface area contributed by atoms with Gasteiger partial charge in [-0.3, -0.25) is 0 Å². The van der Waals surface area contributed by atoms with E-state index in [4.69, 9.17) is 5.26 Å². The van der Waals surface area contributed by atoms with E-state index in [2.05, 4.69) is 36.8 Å². The van der Waals surface area contributed by atoms with Gasteiger partial charge in [0.15, 0.2) is 0 Å². The molecule has 2 aromatic rings. The lowest BCUT2D eigenvalue weighted by atomic mass is 10.0. The largest absolute Gasteiger partial charge is 0.240 e. The second-order valence-corrected chi connectivity index (χ2v) is 7.33. The Morgan fingerprint density at radius 3 is 2.39 bits per heavy atom. The third-order valence-corrected chi connectivity index (χ3v) is 5.18. The van der Waals surface area contributed by atoms with E-state index in [9.17, 15) is 8.42 Å². The molecule has 23 heavy (non-hydrogen) atoms. The maximum absolute atomic E-state index is 12.2. The van der Waals surface area contributed by atoms with Crippen LogP contribution in [0.15, 0.2) is 47.4 Å². The van der Waals surface area contributed by atoms with E-state index in [0.29, 0.717) is 12.1 Å². The highest BCUT2D eigenvalue weighted by Gasteiger charge is 2.13. The molecule has 0 heterocycles. The number of hydrogen-bond donors (Lipinski definition) is 1. The van der Waals surface area contributed by atoms with Crippen molar-refractivity contribution in [2.24, 2.45) is 0 Å². The molecule has 120 valence electrons. The predicted octanol–water partition coefficient (Wildman–Crippen LogP) is 3.09. The van der Waals surface area contributed by atoms with Gasteiger partial charge in [-0.2, -0.15) is 5.26 Å². The van der Waals surface area contributed by atoms with Crippen LogP contribution in [0, 0.1) is 25.2 Å². The first-order chi connectivity index (χ1) is 10.9. The number of nitrogens with one attached hydrogen (secondary N) is 1. The van der Waals surface area contributed by atoms with Crippen LogP contribution in [0.5, 0.6) is 0 Å². The summed E-state index contributed by atoms with van der Waals surface area (Å²) in [6.07, 6.45) is 1.57. The number of nitrogens with zero attached hydrogens (tertiary/aromatic N) is 1. The number of sulfonamides is 1. The van der Waals surface area contributed by atoms with Crippen LogP contribution in [0.2, 0.25) is 0 Å². The lowest BCUT2D eigenvalue weighted by Crippen LogP contribution is -2.25. The number of nitriles is 1. The maximum atomic E-state index is 12.2. The van der Waals surface area contributed by atoms with E-state index in [1.807, 2.05) is 6.07 Å². The highest BCUT2D eigenvalue weighted by molar-refractivity contribution is 7.89. The summed E-state index contributed by atoms with van der Waals surface area (Å²) in [4.78, 5) is 0.183. The van der Waals surface area contributed by atoms with Gasteiger partial charge in [0, 0.05) is 6.54 Å². The van der Waals surface area contributed by atoms with Gasteiger partial charge in [-0.15, -0.1) is 0 Å². The van der Waals surface area contributed by atoms with Crippen molar-refractivity contribution >= 4 is 10.0 Å². The third kappa shape index (κ3) is 4.65. The summed E-state index contributed by atoms with van der Waals surface area (Å²) >= 11 is 0. The average Bonchev–Trinajstić information content (AvgIpc) is 2.53. The van der Waals surface area contributed by atoms with Crippen molar-refractivity contribution in [1.29, 1.82) is 5.26 Å². The van der Waals surface area contributed by atoms with Crippen molar-refractivity contribution < 1.29 is 8.42 Å². The zero-order valence-corrected chi connectivity index (χ0v) is 14.2. The zero-order valence-electron chi connectivity index (χ0n) is 13.3. The van der Waals surface area contributed by atoms with E-state index in [1.165, 1.54) is 41.0 Å². The van der Waals surface area contributed by atoms with Crippen LogP contribution < -0.4 is 4.72 Å². The molecule has 0 aromatic heterocycles. The molecule has 0 amide bonds. The van der Waals surface area contributed by atoms with Crippen LogP contribution in [0.1, 0.15) is 28.7 Å². The number of aryl methyl sites for hydroxylation is 3. The molecule has 1 N–H and O–H groups in total. The summed E-state index contributed by atoms with van der Waals surface area (Å²) < 4.78 is 26.9. The maximum Gasteiger partial charge on any atom is 0.240 e. The zero-order chi connectivity index (χ0) is 16.9. The topological polar surface area (TPSA) is 70.0 Å². The number of hydrogen-bond acceptors (Lipinski definition) is 3. The minimum absolute atomic E-state index is 0.183. The Labute approximate surface area is 137 Å². The summed E-state index contributed by atoms with van der Waals surface area (Å²) in [5, 5.41) is 8.74. The smallest absolute Gasteiger partial charge is 0.211 e. The van der Waals surface area contributed by atoms with Crippen LogP contribution in [-0.4, -0.2) is 15.0 Å². The normalized spacial score (nSPS) is 11.2. The van der Waals surface area contributed by atoms with Crippen LogP contribution in [0.3, 0.4) is 0 Å². The highest BCUT2D eigenvalue weighted by Crippen LogP contribution is 2.13. The Hall–Kier alpha value is -2.16. The standard InChI is InChI=1S/C18H20N2O2S/c1-14-5-8-17(15(2)12-14)4-3-11-20-23(21,22)18-9-6-16(13-19)7-10-18/h5-10,12,20H,3-4,11H2,1-2H3. The van der Waals surface area contributed by atoms with Crippen LogP contribution >= 0.6 is 0 Å². The molecule has 0 bridgehead atoms. The van der Waals surface area contributed by atoms with E-state index >= 15 is 0 Å². The van der Waals surface area contributed by atoms with Crippen LogP contribution in [-0.2, 0) is 16.4 Å². The summed E-state index contributed by atoms with van der Waals surface area (Å²) in [6.45, 7) is 4.52. The molecule has 0 aliphatic rings. The number of benzene rings is 2. The first kappa shape index (κ1) is 17.2. The Bertz CT molecular complexity index is 819. The molecule has 5 heteroatoms. The van der Waals surface area contributed by atoms with Crippen molar-refractivity contribution in [2.45, 2.75) is 31.6 Å². The quantitative estimate of drug-likeness (QED) is 0.828. The minimum atomic E-state index is -3.52. The van der Waals surface area contributed by atoms with Gasteiger partial charge in [-0.1, -0.05) is 23.8 Å². The lowest BCUT2D eigenvalue weighted by Gasteiger charge is -2.09. The molecule has 0 aliphatic heterocycles. The van der Waals surface area contributed by atoms with Crippen molar-refractivity contribution in [2.75, 3.05) is 6.54 Å². The van der Waals surface area contributed by atoms with Crippen LogP contribution in [0.4, 0.5) is 0 Å². The molecule has 0 unspecified atom stereocenters. The monoisotopic (exact) mass is 328 g/mol. The van der Waals surface area contributed by atoms with E-state index in [-0.39, 0.29) is 4.90 Å². The van der Waals surface area contributed by atoms with Gasteiger partial charge in [0.25, 0.3) is 0 Å². The van der Waals surface area contributed by atoms with Crippen molar-refractivity contribution in [3.05, 3.63) is 64.7 Å². The molecule has 0 aliphatic carbocycles. The lowest BCUT2D eigenvalue weighted by molar-refractivity contribution is 0.579. The van der Waals surface area contributed by atoms with Crippen molar-refractivity contribution in [3.63, 3.8) is 0 Å². The summed E-state index contributed by atoms with van der Waals surface area (Å²) in [6, 6.07) is 14.2. The molecule has 0 radical (unpaired) electrons. The van der Waals surface area contributed by atoms with Crippen molar-refractivity contribution in [1.82, 2.24) is 4.72 Å². The van der Waals surface area contributed by atoms with Gasteiger partial charge in [0.2, 0.25) is 10.0 Å². The van der Waals surface area contributed by atoms with Crippen molar-refractivity contribution in [3.8, 4) is 6.07 Å². The molecule has 0 atom stereocenters. The second kappa shape index (κ2) is 7.40. The van der Waals surface area contributed by atoms with Gasteiger partial charge >= 0.3 is 0 Å². The molecule has 2 aromatic carbocycles. The molecular formula is C18H20N2O2S. The first-order valence-corrected chi connectivity index (χ1v) is 8.96. The average molecular weight is 328 g/mol. The summed E-state index contributed by atoms with van der Waals surface area (Å²) in [7, 11) is -3.52. The first-order valence-electron chi connectivity index (χ1n) is 7.48. The minimum Gasteiger partial charge on any atom is -0.211 e. The molecule has 0 saturated carbocycles. The van der Waals surface area contributed by atoms with E-state index in [0.717, 1.165) is 12.8 Å². The summed E-state index contributed by atoms with van der Waals surface area (Å²) in [5.74, 6) is 0. The molecular weight excluding hydrogens is 308 g/mol. The van der Waals surface area contributed by atoms with Gasteiger partial charge in [0.05, 0.1) is 16.5 Å². The molecule has 0 saturated heterocycles. The van der Waals surface area contributed by atoms with Gasteiger partial charge < -0.3 is 0 Å². The number of rotatable bonds is 6. The SMILES string of the molecule is Cc1ccc(CCCNS(=O)(=O)c2ccc(C#N)cc2)c(C)c1. The Morgan fingerprint density at radius 2 is 1.78 bits per heavy atom. The van der Waals surface area contributed by atoms with E-state index < -0.39 is 10.0 Å². The van der Waals surface area contributed by atoms with E-state index in [1.54, 1.807) is 0 Å². The van der Waals surface area contributed by atoms with Gasteiger partial charge in [0.1, 0.15) is 0 Å². The fourth-order valence-corrected chi connectivity index (χ4v) is 3.48. The summed E-state index contributed by atoms with van der Waals surface area (Å²) in [5.41, 5.74) is 4.15. The molecule has 2 rings (SSSR count). The fourth-order valence-electron chi connectivity index (χ4n) is 2.40. The molecule has 0 spiro atoms. The molecule has 0 fully saturated rings. The second-order valence-electron chi connectivity index (χ2n) is 5.57. The Balaban J connectivity index is 1.90. The fraction of sp³-hybridized carbons (Fsp3) is 0.278. The van der Waals surface area contributed by atoms with Crippen LogP contribution in [0.25, 0.3) is 0 Å².